The number of likely N-dealkylation sites (tertiary alicyclic amines) is 2. The van der Waals surface area contributed by atoms with E-state index in [0.29, 0.717) is 85.8 Å². The predicted molar refractivity (Wildman–Crippen MR) is 304 cm³/mol. The second-order valence-corrected chi connectivity index (χ2v) is 20.9. The van der Waals surface area contributed by atoms with Gasteiger partial charge >= 0.3 is 0 Å². The Morgan fingerprint density at radius 2 is 1.23 bits per heavy atom. The number of benzene rings is 4. The van der Waals surface area contributed by atoms with Crippen molar-refractivity contribution in [3.63, 3.8) is 0 Å². The Bertz CT molecular complexity index is 3790. The summed E-state index contributed by atoms with van der Waals surface area (Å²) in [4.78, 5) is 102. The molecule has 11 rings (SSSR count). The minimum atomic E-state index is -1.45. The lowest BCUT2D eigenvalue weighted by molar-refractivity contribution is -0.139. The molecule has 426 valence electrons. The molecule has 7 heterocycles. The second kappa shape index (κ2) is 23.8. The van der Waals surface area contributed by atoms with Crippen LogP contribution in [-0.4, -0.2) is 125 Å². The molecule has 21 nitrogen and oxygen atoms in total. The third kappa shape index (κ3) is 12.1. The number of amides is 4. The zero-order chi connectivity index (χ0) is 57.9. The van der Waals surface area contributed by atoms with E-state index in [2.05, 4.69) is 41.2 Å². The molecular weight excluding hydrogens is 1070 g/mol. The van der Waals surface area contributed by atoms with Crippen LogP contribution in [0.2, 0.25) is 0 Å². The minimum Gasteiger partial charge on any atom is -0.489 e. The van der Waals surface area contributed by atoms with E-state index in [1.807, 2.05) is 13.0 Å². The average molecular weight is 1130 g/mol. The van der Waals surface area contributed by atoms with Crippen LogP contribution in [0.4, 0.5) is 37.2 Å². The van der Waals surface area contributed by atoms with Gasteiger partial charge < -0.3 is 55.4 Å². The SMILES string of the molecule is CC(=O)c1cn(CC(=O)N2C[C@H](F)C[C@H]2C(=O)NC2CCOc3c(OCCC(=O)c4cn(CC(=O)N5C[C@H](F)C[C@H]5C(=O)Nc5ccc(CN)cc5)c5ccc(Nc6cncnc6)cc45)cc(C)cc32)c2ccc(Nc3cncnc3)cc12. The highest BCUT2D eigenvalue weighted by Gasteiger charge is 2.42. The van der Waals surface area contributed by atoms with Gasteiger partial charge in [0.05, 0.1) is 68.5 Å². The largest absolute Gasteiger partial charge is 0.489 e. The van der Waals surface area contributed by atoms with Gasteiger partial charge in [-0.15, -0.1) is 0 Å². The van der Waals surface area contributed by atoms with Crippen LogP contribution < -0.4 is 36.5 Å². The third-order valence-corrected chi connectivity index (χ3v) is 15.1. The van der Waals surface area contributed by atoms with Crippen LogP contribution >= 0.6 is 0 Å². The summed E-state index contributed by atoms with van der Waals surface area (Å²) >= 11 is 0. The molecule has 2 saturated heterocycles. The molecule has 23 heteroatoms. The Balaban J connectivity index is 0.772. The molecule has 3 aliphatic rings. The number of nitrogens with one attached hydrogen (secondary N) is 4. The van der Waals surface area contributed by atoms with E-state index in [4.69, 9.17) is 15.2 Å². The summed E-state index contributed by atoms with van der Waals surface area (Å²) in [6.45, 7) is 2.60. The molecule has 4 aromatic carbocycles. The van der Waals surface area contributed by atoms with E-state index in [0.717, 1.165) is 11.1 Å². The first kappa shape index (κ1) is 55.3. The van der Waals surface area contributed by atoms with Gasteiger partial charge in [-0.1, -0.05) is 18.2 Å². The molecule has 0 aliphatic carbocycles. The van der Waals surface area contributed by atoms with Crippen LogP contribution in [0.3, 0.4) is 0 Å². The fraction of sp³-hybridized carbons (Fsp3) is 0.300. The van der Waals surface area contributed by atoms with Gasteiger partial charge in [0.1, 0.15) is 50.2 Å². The molecule has 8 aromatic rings. The summed E-state index contributed by atoms with van der Waals surface area (Å²) < 4.78 is 46.1. The van der Waals surface area contributed by atoms with Gasteiger partial charge in [0, 0.05) is 100 Å². The molecule has 4 amide bonds. The Hall–Kier alpha value is -9.64. The first-order valence-corrected chi connectivity index (χ1v) is 27.2. The molecule has 3 aliphatic heterocycles. The Labute approximate surface area is 474 Å². The number of nitrogens with two attached hydrogens (primary N) is 1. The number of aryl methyl sites for hydroxylation is 1. The van der Waals surface area contributed by atoms with Gasteiger partial charge in [-0.05, 0) is 79.6 Å². The molecule has 5 atom stereocenters. The van der Waals surface area contributed by atoms with E-state index < -0.39 is 54.1 Å². The molecule has 0 saturated carbocycles. The molecule has 83 heavy (non-hydrogen) atoms. The Kier molecular flexibility index (Phi) is 15.9. The topological polar surface area (TPSA) is 263 Å². The number of ketones is 2. The maximum absolute atomic E-state index is 15.3. The number of ether oxygens (including phenoxy) is 2. The number of halogens is 2. The highest BCUT2D eigenvalue weighted by atomic mass is 19.1. The van der Waals surface area contributed by atoms with Crippen molar-refractivity contribution < 1.29 is 47.0 Å². The highest BCUT2D eigenvalue weighted by molar-refractivity contribution is 6.10. The van der Waals surface area contributed by atoms with Crippen molar-refractivity contribution in [1.29, 1.82) is 0 Å². The summed E-state index contributed by atoms with van der Waals surface area (Å²) in [5, 5.41) is 13.4. The van der Waals surface area contributed by atoms with Gasteiger partial charge in [-0.25, -0.2) is 28.7 Å². The van der Waals surface area contributed by atoms with Crippen molar-refractivity contribution in [2.24, 2.45) is 5.73 Å². The van der Waals surface area contributed by atoms with E-state index in [1.165, 1.54) is 29.4 Å². The lowest BCUT2D eigenvalue weighted by Gasteiger charge is -2.31. The maximum atomic E-state index is 15.3. The standard InChI is InChI=1S/C60H59F2N13O8/c1-34-15-46-49(71-60(81)53-18-38(62)27-75(53)56(78)30-72-28-47(35(2)76)44-19-40(7-9-50(44)72)68-42-22-64-32-65-23-42)11-13-83-58(46)55(16-34)82-14-12-54(77)48-29-73(51-10-8-41(20-45(48)51)69-43-24-66-33-67-25-43)31-57(79)74-26-37(61)17-52(74)59(80)70-39-5-3-36(21-63)4-6-39/h3-10,15-16,19-20,22-25,28-29,32-33,37-38,49,52-53,68-69H,11-14,17-18,21,26-27,30-31,63H2,1-2H3,(H,70,80)(H,71,81)/t37-,38-,49?,52+,53+/m1/s1. The highest BCUT2D eigenvalue weighted by Crippen LogP contribution is 2.41. The number of Topliss-reactive ketones (excluding diaryl/α,β-unsaturated/α-hetero) is 2. The van der Waals surface area contributed by atoms with Gasteiger partial charge in [0.25, 0.3) is 0 Å². The summed E-state index contributed by atoms with van der Waals surface area (Å²) in [5.74, 6) is -1.89. The average Bonchev–Trinajstić information content (AvgIpc) is 3.81. The number of carbonyl (C=O) groups is 6. The first-order chi connectivity index (χ1) is 40.2. The number of nitrogens with zero attached hydrogens (tertiary/aromatic N) is 8. The summed E-state index contributed by atoms with van der Waals surface area (Å²) in [6.07, 6.45) is 9.40. The van der Waals surface area contributed by atoms with Crippen LogP contribution in [0.25, 0.3) is 21.8 Å². The number of carbonyl (C=O) groups excluding carboxylic acids is 6. The number of hydrogen-bond acceptors (Lipinski definition) is 15. The second-order valence-electron chi connectivity index (χ2n) is 20.9. The molecule has 0 bridgehead atoms. The maximum Gasteiger partial charge on any atom is 0.247 e. The van der Waals surface area contributed by atoms with Gasteiger partial charge in [0.2, 0.25) is 23.6 Å². The Morgan fingerprint density at radius 1 is 0.687 bits per heavy atom. The molecular formula is C60H59F2N13O8. The molecule has 4 aromatic heterocycles. The van der Waals surface area contributed by atoms with Crippen molar-refractivity contribution in [1.82, 2.24) is 44.2 Å². The van der Waals surface area contributed by atoms with Crippen molar-refractivity contribution in [3.05, 3.63) is 150 Å². The van der Waals surface area contributed by atoms with Gasteiger partial charge in [0.15, 0.2) is 23.1 Å². The molecule has 2 fully saturated rings. The fourth-order valence-electron chi connectivity index (χ4n) is 11.1. The van der Waals surface area contributed by atoms with Crippen LogP contribution in [0.1, 0.15) is 76.1 Å². The third-order valence-electron chi connectivity index (χ3n) is 15.1. The lowest BCUT2D eigenvalue weighted by Crippen LogP contribution is -2.48. The fourth-order valence-corrected chi connectivity index (χ4v) is 11.1. The van der Waals surface area contributed by atoms with Crippen molar-refractivity contribution in [3.8, 4) is 11.5 Å². The van der Waals surface area contributed by atoms with E-state index >= 15 is 8.78 Å². The monoisotopic (exact) mass is 1130 g/mol. The Morgan fingerprint density at radius 3 is 1.80 bits per heavy atom. The van der Waals surface area contributed by atoms with Crippen LogP contribution in [-0.2, 0) is 38.8 Å². The molecule has 6 N–H and O–H groups in total. The molecule has 0 radical (unpaired) electrons. The van der Waals surface area contributed by atoms with E-state index in [-0.39, 0.29) is 75.8 Å². The number of rotatable bonds is 19. The lowest BCUT2D eigenvalue weighted by atomic mass is 9.97. The first-order valence-electron chi connectivity index (χ1n) is 27.2. The zero-order valence-electron chi connectivity index (χ0n) is 45.4. The van der Waals surface area contributed by atoms with Crippen molar-refractivity contribution in [2.45, 2.75) is 89.6 Å². The van der Waals surface area contributed by atoms with E-state index in [9.17, 15) is 28.8 Å². The summed E-state index contributed by atoms with van der Waals surface area (Å²) in [6, 6.07) is 18.5. The molecule has 0 spiro atoms. The van der Waals surface area contributed by atoms with Crippen LogP contribution in [0.15, 0.2) is 123 Å². The summed E-state index contributed by atoms with van der Waals surface area (Å²) in [5.41, 5.74) is 12.8. The number of aromatic nitrogens is 6. The normalized spacial score (nSPS) is 18.3. The predicted octanol–water partition coefficient (Wildman–Crippen LogP) is 7.44. The van der Waals surface area contributed by atoms with Crippen molar-refractivity contribution >= 4 is 85.4 Å². The number of anilines is 5. The van der Waals surface area contributed by atoms with E-state index in [1.54, 1.807) is 113 Å². The molecule has 1 unspecified atom stereocenters. The van der Waals surface area contributed by atoms with Gasteiger partial charge in [-0.2, -0.15) is 0 Å². The summed E-state index contributed by atoms with van der Waals surface area (Å²) in [7, 11) is 0. The van der Waals surface area contributed by atoms with Crippen LogP contribution in [0, 0.1) is 6.92 Å². The number of hydrogen-bond donors (Lipinski definition) is 5. The smallest absolute Gasteiger partial charge is 0.247 e. The number of fused-ring (bicyclic) bond motifs is 3. The minimum absolute atomic E-state index is 0.0970. The quantitative estimate of drug-likeness (QED) is 0.0493. The van der Waals surface area contributed by atoms with Gasteiger partial charge in [-0.3, -0.25) is 28.8 Å². The van der Waals surface area contributed by atoms with Crippen LogP contribution in [0.5, 0.6) is 11.5 Å². The zero-order valence-corrected chi connectivity index (χ0v) is 45.4. The number of alkyl halides is 2. The van der Waals surface area contributed by atoms with Crippen molar-refractivity contribution in [2.75, 3.05) is 42.3 Å².